The van der Waals surface area contributed by atoms with Gasteiger partial charge in [0, 0.05) is 16.6 Å². The van der Waals surface area contributed by atoms with E-state index in [4.69, 9.17) is 0 Å². The van der Waals surface area contributed by atoms with Crippen molar-refractivity contribution < 1.29 is 9.90 Å². The molecule has 3 heteroatoms. The molecule has 0 aliphatic heterocycles. The fraction of sp³-hybridized carbons (Fsp3) is 0.308. The third-order valence-electron chi connectivity index (χ3n) is 3.12. The summed E-state index contributed by atoms with van der Waals surface area (Å²) >= 11 is 0. The standard InChI is InChI=1S/C13H15NO2/c1-8-4-5-12-11(10(8)3)6-9(2)14(12)7-13(15)16/h4-6H,7H2,1-3H3,(H,15,16)/p-1. The number of nitrogens with zero attached hydrogens (tertiary/aromatic N) is 1. The highest BCUT2D eigenvalue weighted by molar-refractivity contribution is 5.86. The molecule has 1 aromatic carbocycles. The highest BCUT2D eigenvalue weighted by Crippen LogP contribution is 2.25. The Hall–Kier alpha value is -1.77. The molecule has 0 saturated heterocycles. The normalized spacial score (nSPS) is 10.9. The Labute approximate surface area is 94.3 Å². The minimum absolute atomic E-state index is 0.0855. The van der Waals surface area contributed by atoms with Crippen molar-refractivity contribution in [3.63, 3.8) is 0 Å². The second kappa shape index (κ2) is 3.67. The summed E-state index contributed by atoms with van der Waals surface area (Å²) in [6, 6.07) is 6.01. The zero-order valence-corrected chi connectivity index (χ0v) is 9.70. The number of aryl methyl sites for hydroxylation is 3. The average molecular weight is 216 g/mol. The Kier molecular flexibility index (Phi) is 2.46. The summed E-state index contributed by atoms with van der Waals surface area (Å²) in [5, 5.41) is 11.8. The van der Waals surface area contributed by atoms with Crippen molar-refractivity contribution in [2.45, 2.75) is 27.3 Å². The SMILES string of the molecule is Cc1ccc2c(cc(C)n2CC(=O)[O-])c1C. The molecule has 2 aromatic rings. The number of carbonyl (C=O) groups excluding carboxylic acids is 1. The van der Waals surface area contributed by atoms with Gasteiger partial charge in [-0.25, -0.2) is 0 Å². The molecule has 0 amide bonds. The quantitative estimate of drug-likeness (QED) is 0.760. The van der Waals surface area contributed by atoms with Crippen LogP contribution in [0.4, 0.5) is 0 Å². The molecule has 0 saturated carbocycles. The van der Waals surface area contributed by atoms with Crippen LogP contribution >= 0.6 is 0 Å². The van der Waals surface area contributed by atoms with Crippen LogP contribution in [0, 0.1) is 20.8 Å². The molecule has 1 aromatic heterocycles. The minimum atomic E-state index is -1.06. The van der Waals surface area contributed by atoms with E-state index in [1.807, 2.05) is 25.1 Å². The second-order valence-electron chi connectivity index (χ2n) is 4.18. The molecule has 0 unspecified atom stereocenters. The highest BCUT2D eigenvalue weighted by atomic mass is 16.4. The lowest BCUT2D eigenvalue weighted by molar-refractivity contribution is -0.306. The fourth-order valence-corrected chi connectivity index (χ4v) is 2.06. The Morgan fingerprint density at radius 3 is 2.62 bits per heavy atom. The number of benzene rings is 1. The lowest BCUT2D eigenvalue weighted by Gasteiger charge is -2.09. The van der Waals surface area contributed by atoms with Crippen molar-refractivity contribution in [3.05, 3.63) is 35.0 Å². The second-order valence-corrected chi connectivity index (χ2v) is 4.18. The number of aliphatic carboxylic acids is 1. The third-order valence-corrected chi connectivity index (χ3v) is 3.12. The van der Waals surface area contributed by atoms with Gasteiger partial charge in [-0.15, -0.1) is 0 Å². The van der Waals surface area contributed by atoms with E-state index < -0.39 is 5.97 Å². The van der Waals surface area contributed by atoms with Gasteiger partial charge in [0.1, 0.15) is 0 Å². The van der Waals surface area contributed by atoms with Gasteiger partial charge in [-0.2, -0.15) is 0 Å². The first kappa shape index (κ1) is 10.7. The van der Waals surface area contributed by atoms with Gasteiger partial charge in [0.15, 0.2) is 0 Å². The maximum absolute atomic E-state index is 10.7. The van der Waals surface area contributed by atoms with Crippen LogP contribution in [0.1, 0.15) is 16.8 Å². The molecule has 0 aliphatic carbocycles. The lowest BCUT2D eigenvalue weighted by atomic mass is 10.1. The van der Waals surface area contributed by atoms with Crippen LogP contribution in [0.2, 0.25) is 0 Å². The number of carboxylic acid groups (broad SMARTS) is 1. The first-order valence-corrected chi connectivity index (χ1v) is 5.26. The van der Waals surface area contributed by atoms with Crippen molar-refractivity contribution in [3.8, 4) is 0 Å². The lowest BCUT2D eigenvalue weighted by Crippen LogP contribution is -2.27. The van der Waals surface area contributed by atoms with Crippen LogP contribution in [-0.2, 0) is 11.3 Å². The summed E-state index contributed by atoms with van der Waals surface area (Å²) in [4.78, 5) is 10.7. The number of carbonyl (C=O) groups is 1. The van der Waals surface area contributed by atoms with E-state index in [1.165, 1.54) is 11.1 Å². The topological polar surface area (TPSA) is 45.1 Å². The molecule has 0 spiro atoms. The van der Waals surface area contributed by atoms with Crippen LogP contribution in [0.3, 0.4) is 0 Å². The van der Waals surface area contributed by atoms with Crippen LogP contribution in [0.25, 0.3) is 10.9 Å². The zero-order valence-electron chi connectivity index (χ0n) is 9.70. The zero-order chi connectivity index (χ0) is 11.9. The van der Waals surface area contributed by atoms with Gasteiger partial charge in [0.25, 0.3) is 0 Å². The first-order valence-electron chi connectivity index (χ1n) is 5.26. The Balaban J connectivity index is 2.71. The summed E-state index contributed by atoms with van der Waals surface area (Å²) in [7, 11) is 0. The van der Waals surface area contributed by atoms with Gasteiger partial charge in [-0.3, -0.25) is 0 Å². The monoisotopic (exact) mass is 216 g/mol. The molecular weight excluding hydrogens is 202 g/mol. The fourth-order valence-electron chi connectivity index (χ4n) is 2.06. The van der Waals surface area contributed by atoms with Crippen molar-refractivity contribution in [2.24, 2.45) is 0 Å². The molecule has 0 N–H and O–H groups in total. The van der Waals surface area contributed by atoms with Gasteiger partial charge >= 0.3 is 0 Å². The van der Waals surface area contributed by atoms with E-state index in [9.17, 15) is 9.90 Å². The number of fused-ring (bicyclic) bond motifs is 1. The van der Waals surface area contributed by atoms with Gasteiger partial charge < -0.3 is 14.5 Å². The van der Waals surface area contributed by atoms with Crippen LogP contribution in [-0.4, -0.2) is 10.5 Å². The van der Waals surface area contributed by atoms with E-state index in [2.05, 4.69) is 13.8 Å². The Bertz CT molecular complexity index is 567. The first-order chi connectivity index (χ1) is 7.50. The van der Waals surface area contributed by atoms with Crippen molar-refractivity contribution in [1.82, 2.24) is 4.57 Å². The molecular formula is C13H14NO2-. The van der Waals surface area contributed by atoms with Crippen LogP contribution in [0.5, 0.6) is 0 Å². The largest absolute Gasteiger partial charge is 0.548 e. The predicted molar refractivity (Wildman–Crippen MR) is 61.2 cm³/mol. The molecule has 2 rings (SSSR count). The van der Waals surface area contributed by atoms with Gasteiger partial charge in [-0.1, -0.05) is 6.07 Å². The number of rotatable bonds is 2. The molecule has 3 nitrogen and oxygen atoms in total. The third kappa shape index (κ3) is 1.58. The van der Waals surface area contributed by atoms with E-state index in [0.717, 1.165) is 16.6 Å². The molecule has 1 heterocycles. The van der Waals surface area contributed by atoms with Crippen molar-refractivity contribution in [2.75, 3.05) is 0 Å². The van der Waals surface area contributed by atoms with E-state index >= 15 is 0 Å². The summed E-state index contributed by atoms with van der Waals surface area (Å²) in [5.41, 5.74) is 4.34. The summed E-state index contributed by atoms with van der Waals surface area (Å²) in [5.74, 6) is -1.06. The Morgan fingerprint density at radius 1 is 1.31 bits per heavy atom. The highest BCUT2D eigenvalue weighted by Gasteiger charge is 2.08. The van der Waals surface area contributed by atoms with Crippen molar-refractivity contribution in [1.29, 1.82) is 0 Å². The number of hydrogen-bond acceptors (Lipinski definition) is 2. The molecule has 16 heavy (non-hydrogen) atoms. The maximum Gasteiger partial charge on any atom is 0.0624 e. The summed E-state index contributed by atoms with van der Waals surface area (Å²) in [6.45, 7) is 5.94. The smallest absolute Gasteiger partial charge is 0.0624 e. The average Bonchev–Trinajstić information content (AvgIpc) is 2.51. The predicted octanol–water partition coefficient (Wildman–Crippen LogP) is 1.32. The van der Waals surface area contributed by atoms with E-state index in [0.29, 0.717) is 0 Å². The van der Waals surface area contributed by atoms with E-state index in [1.54, 1.807) is 4.57 Å². The van der Waals surface area contributed by atoms with Crippen LogP contribution < -0.4 is 5.11 Å². The molecule has 0 radical (unpaired) electrons. The van der Waals surface area contributed by atoms with Crippen LogP contribution in [0.15, 0.2) is 18.2 Å². The van der Waals surface area contributed by atoms with Gasteiger partial charge in [0.2, 0.25) is 0 Å². The minimum Gasteiger partial charge on any atom is -0.548 e. The summed E-state index contributed by atoms with van der Waals surface area (Å²) < 4.78 is 1.77. The molecule has 0 bridgehead atoms. The molecule has 84 valence electrons. The molecule has 0 atom stereocenters. The maximum atomic E-state index is 10.7. The number of aromatic nitrogens is 1. The van der Waals surface area contributed by atoms with E-state index in [-0.39, 0.29) is 6.54 Å². The molecule has 0 aliphatic rings. The molecule has 0 fully saturated rings. The number of hydrogen-bond donors (Lipinski definition) is 0. The Morgan fingerprint density at radius 2 is 2.00 bits per heavy atom. The number of carboxylic acids is 1. The van der Waals surface area contributed by atoms with Gasteiger partial charge in [-0.05, 0) is 44.0 Å². The van der Waals surface area contributed by atoms with Crippen molar-refractivity contribution >= 4 is 16.9 Å². The summed E-state index contributed by atoms with van der Waals surface area (Å²) in [6.07, 6.45) is 0. The van der Waals surface area contributed by atoms with Gasteiger partial charge in [0.05, 0.1) is 12.5 Å².